The smallest absolute Gasteiger partial charge is 0.251 e. The van der Waals surface area contributed by atoms with Crippen LogP contribution >= 0.6 is 23.3 Å². The van der Waals surface area contributed by atoms with Crippen LogP contribution in [-0.4, -0.2) is 47.5 Å². The fraction of sp³-hybridized carbons (Fsp3) is 0.474. The Labute approximate surface area is 162 Å². The summed E-state index contributed by atoms with van der Waals surface area (Å²) in [6, 6.07) is 10.4. The number of methoxy groups -OCH3 is 1. The summed E-state index contributed by atoms with van der Waals surface area (Å²) >= 11 is 2.91. The number of hydrogen-bond acceptors (Lipinski definition) is 6. The van der Waals surface area contributed by atoms with Gasteiger partial charge in [0.2, 0.25) is 0 Å². The molecule has 2 bridgehead atoms. The fourth-order valence-electron chi connectivity index (χ4n) is 3.96. The molecule has 1 aromatic carbocycles. The molecule has 1 N–H and O–H groups in total. The highest BCUT2D eigenvalue weighted by Gasteiger charge is 2.40. The molecule has 2 atom stereocenters. The molecule has 0 aliphatic carbocycles. The van der Waals surface area contributed by atoms with E-state index in [1.54, 1.807) is 18.9 Å². The van der Waals surface area contributed by atoms with E-state index in [-0.39, 0.29) is 11.9 Å². The predicted octanol–water partition coefficient (Wildman–Crippen LogP) is 3.52. The van der Waals surface area contributed by atoms with Crippen LogP contribution in [0.3, 0.4) is 0 Å². The summed E-state index contributed by atoms with van der Waals surface area (Å²) in [5.41, 5.74) is 0.717. The second-order valence-electron chi connectivity index (χ2n) is 6.93. The quantitative estimate of drug-likeness (QED) is 0.848. The van der Waals surface area contributed by atoms with Gasteiger partial charge in [-0.2, -0.15) is 4.37 Å². The lowest BCUT2D eigenvalue weighted by Crippen LogP contribution is -2.62. The number of nitrogens with zero attached hydrogens (tertiary/aromatic N) is 2. The minimum atomic E-state index is 0.0301. The summed E-state index contributed by atoms with van der Waals surface area (Å²) in [6.07, 6.45) is 2.39. The van der Waals surface area contributed by atoms with Gasteiger partial charge < -0.3 is 10.1 Å². The van der Waals surface area contributed by atoms with Gasteiger partial charge in [-0.05, 0) is 63.0 Å². The molecule has 0 radical (unpaired) electrons. The first-order chi connectivity index (χ1) is 12.6. The zero-order valence-corrected chi connectivity index (χ0v) is 16.6. The van der Waals surface area contributed by atoms with E-state index in [0.29, 0.717) is 17.5 Å². The van der Waals surface area contributed by atoms with E-state index >= 15 is 0 Å². The minimum absolute atomic E-state index is 0.0301. The van der Waals surface area contributed by atoms with Crippen molar-refractivity contribution >= 4 is 29.2 Å². The number of benzene rings is 1. The van der Waals surface area contributed by atoms with E-state index in [0.717, 1.165) is 15.0 Å². The van der Waals surface area contributed by atoms with Gasteiger partial charge in [-0.3, -0.25) is 9.69 Å². The van der Waals surface area contributed by atoms with E-state index in [1.807, 2.05) is 30.3 Å². The molecule has 1 amide bonds. The van der Waals surface area contributed by atoms with Gasteiger partial charge in [0.1, 0.15) is 5.03 Å². The maximum absolute atomic E-state index is 12.7. The Hall–Kier alpha value is -1.57. The van der Waals surface area contributed by atoms with Crippen molar-refractivity contribution in [1.82, 2.24) is 14.6 Å². The molecule has 1 aromatic heterocycles. The lowest BCUT2D eigenvalue weighted by molar-refractivity contribution is 0.0217. The Kier molecular flexibility index (Phi) is 5.20. The molecular weight excluding hydrogens is 366 g/mol. The zero-order chi connectivity index (χ0) is 18.1. The van der Waals surface area contributed by atoms with E-state index < -0.39 is 0 Å². The lowest BCUT2D eigenvalue weighted by atomic mass is 9.79. The van der Waals surface area contributed by atoms with Crippen molar-refractivity contribution in [2.75, 3.05) is 20.2 Å². The number of piperidine rings is 3. The average molecular weight is 390 g/mol. The molecule has 138 valence electrons. The summed E-state index contributed by atoms with van der Waals surface area (Å²) < 4.78 is 9.51. The molecular formula is C19H23N3O2S2. The molecule has 3 aliphatic rings. The third-order valence-electron chi connectivity index (χ3n) is 5.48. The Morgan fingerprint density at radius 1 is 1.31 bits per heavy atom. The van der Waals surface area contributed by atoms with Crippen LogP contribution < -0.4 is 10.1 Å². The molecule has 0 spiro atoms. The SMILES string of the molecule is COc1cc(Sc2ccc(C(=O)NC3C4CCN(CC4)C3C)cc2)ns1. The van der Waals surface area contributed by atoms with Crippen molar-refractivity contribution in [1.29, 1.82) is 0 Å². The van der Waals surface area contributed by atoms with Crippen molar-refractivity contribution < 1.29 is 9.53 Å². The summed E-state index contributed by atoms with van der Waals surface area (Å²) in [5, 5.41) is 4.99. The molecule has 2 aromatic rings. The third-order valence-corrected chi connectivity index (χ3v) is 7.28. The second-order valence-corrected chi connectivity index (χ2v) is 8.79. The van der Waals surface area contributed by atoms with Crippen LogP contribution in [0.25, 0.3) is 0 Å². The first-order valence-corrected chi connectivity index (χ1v) is 10.6. The fourth-order valence-corrected chi connectivity index (χ4v) is 5.45. The van der Waals surface area contributed by atoms with Gasteiger partial charge in [0, 0.05) is 40.1 Å². The minimum Gasteiger partial charge on any atom is -0.486 e. The Bertz CT molecular complexity index is 767. The van der Waals surface area contributed by atoms with Crippen LogP contribution in [-0.2, 0) is 0 Å². The molecule has 3 saturated heterocycles. The largest absolute Gasteiger partial charge is 0.486 e. The van der Waals surface area contributed by atoms with Gasteiger partial charge in [-0.1, -0.05) is 11.8 Å². The first-order valence-electron chi connectivity index (χ1n) is 8.97. The van der Waals surface area contributed by atoms with Crippen LogP contribution in [0.1, 0.15) is 30.1 Å². The molecule has 5 nitrogen and oxygen atoms in total. The summed E-state index contributed by atoms with van der Waals surface area (Å²) in [6.45, 7) is 4.58. The average Bonchev–Trinajstić information content (AvgIpc) is 3.13. The number of fused-ring (bicyclic) bond motifs is 3. The van der Waals surface area contributed by atoms with Crippen LogP contribution in [0.4, 0.5) is 0 Å². The summed E-state index contributed by atoms with van der Waals surface area (Å²) in [5.74, 6) is 0.649. The Morgan fingerprint density at radius 3 is 2.65 bits per heavy atom. The van der Waals surface area contributed by atoms with E-state index in [4.69, 9.17) is 4.74 Å². The van der Waals surface area contributed by atoms with E-state index in [1.165, 1.54) is 37.5 Å². The number of carbonyl (C=O) groups excluding carboxylic acids is 1. The van der Waals surface area contributed by atoms with Gasteiger partial charge in [0.05, 0.1) is 7.11 Å². The Balaban J connectivity index is 1.39. The lowest BCUT2D eigenvalue weighted by Gasteiger charge is -2.49. The molecule has 3 fully saturated rings. The van der Waals surface area contributed by atoms with Crippen LogP contribution in [0.5, 0.6) is 5.06 Å². The molecule has 4 heterocycles. The topological polar surface area (TPSA) is 54.5 Å². The highest BCUT2D eigenvalue weighted by molar-refractivity contribution is 7.99. The zero-order valence-electron chi connectivity index (χ0n) is 15.0. The van der Waals surface area contributed by atoms with Gasteiger partial charge in [-0.15, -0.1) is 0 Å². The van der Waals surface area contributed by atoms with Crippen LogP contribution in [0, 0.1) is 5.92 Å². The summed E-state index contributed by atoms with van der Waals surface area (Å²) in [4.78, 5) is 16.2. The second kappa shape index (κ2) is 7.58. The highest BCUT2D eigenvalue weighted by Crippen LogP contribution is 2.33. The van der Waals surface area contributed by atoms with Crippen molar-refractivity contribution in [3.63, 3.8) is 0 Å². The number of ether oxygens (including phenoxy) is 1. The maximum Gasteiger partial charge on any atom is 0.251 e. The van der Waals surface area contributed by atoms with Crippen molar-refractivity contribution in [2.24, 2.45) is 5.92 Å². The standard InChI is InChI=1S/C19H23N3O2S2/c1-12-18(13-7-9-22(12)10-8-13)20-19(23)14-3-5-15(6-4-14)25-16-11-17(24-2)26-21-16/h3-6,11-13,18H,7-10H2,1-2H3,(H,20,23). The number of nitrogens with one attached hydrogen (secondary N) is 1. The number of rotatable bonds is 5. The van der Waals surface area contributed by atoms with E-state index in [9.17, 15) is 4.79 Å². The molecule has 5 rings (SSSR count). The van der Waals surface area contributed by atoms with Gasteiger partial charge in [-0.25, -0.2) is 0 Å². The number of amides is 1. The maximum atomic E-state index is 12.7. The number of hydrogen-bond donors (Lipinski definition) is 1. The molecule has 3 aliphatic heterocycles. The first kappa shape index (κ1) is 17.8. The molecule has 2 unspecified atom stereocenters. The monoisotopic (exact) mass is 389 g/mol. The van der Waals surface area contributed by atoms with Crippen LogP contribution in [0.2, 0.25) is 0 Å². The molecule has 26 heavy (non-hydrogen) atoms. The van der Waals surface area contributed by atoms with Crippen LogP contribution in [0.15, 0.2) is 40.3 Å². The molecule has 7 heteroatoms. The Morgan fingerprint density at radius 2 is 2.04 bits per heavy atom. The number of carbonyl (C=O) groups is 1. The highest BCUT2D eigenvalue weighted by atomic mass is 32.2. The third kappa shape index (κ3) is 3.61. The van der Waals surface area contributed by atoms with Gasteiger partial charge >= 0.3 is 0 Å². The van der Waals surface area contributed by atoms with Crippen molar-refractivity contribution in [3.05, 3.63) is 35.9 Å². The van der Waals surface area contributed by atoms with Gasteiger partial charge in [0.25, 0.3) is 5.91 Å². The molecule has 0 saturated carbocycles. The van der Waals surface area contributed by atoms with E-state index in [2.05, 4.69) is 21.5 Å². The van der Waals surface area contributed by atoms with Crippen molar-refractivity contribution in [2.45, 2.75) is 41.8 Å². The summed E-state index contributed by atoms with van der Waals surface area (Å²) in [7, 11) is 1.64. The van der Waals surface area contributed by atoms with Crippen molar-refractivity contribution in [3.8, 4) is 5.06 Å². The number of aromatic nitrogens is 1. The predicted molar refractivity (Wildman–Crippen MR) is 104 cm³/mol. The van der Waals surface area contributed by atoms with Gasteiger partial charge in [0.15, 0.2) is 5.06 Å². The normalized spacial score (nSPS) is 27.3.